The highest BCUT2D eigenvalue weighted by atomic mass is 16.5. The molecule has 0 heterocycles. The van der Waals surface area contributed by atoms with Crippen LogP contribution < -0.4 is 28.4 Å². The average molecular weight is 539 g/mol. The Bertz CT molecular complexity index is 1480. The molecule has 0 amide bonds. The van der Waals surface area contributed by atoms with Crippen LogP contribution in [0.5, 0.6) is 34.5 Å². The van der Waals surface area contributed by atoms with E-state index in [2.05, 4.69) is 48.5 Å². The van der Waals surface area contributed by atoms with Crippen LogP contribution in [0.3, 0.4) is 0 Å². The molecule has 40 heavy (non-hydrogen) atoms. The lowest BCUT2D eigenvalue weighted by Crippen LogP contribution is -2.09. The summed E-state index contributed by atoms with van der Waals surface area (Å²) in [6.07, 6.45) is 2.23. The summed E-state index contributed by atoms with van der Waals surface area (Å²) < 4.78 is 34.0. The molecule has 0 bridgehead atoms. The quantitative estimate of drug-likeness (QED) is 0.225. The van der Waals surface area contributed by atoms with Crippen molar-refractivity contribution >= 4 is 11.6 Å². The maximum absolute atomic E-state index is 6.00. The first-order valence-corrected chi connectivity index (χ1v) is 13.0. The van der Waals surface area contributed by atoms with Crippen LogP contribution in [0.2, 0.25) is 0 Å². The van der Waals surface area contributed by atoms with Crippen molar-refractivity contribution in [1.82, 2.24) is 0 Å². The Hall–Kier alpha value is -4.58. The molecule has 0 spiro atoms. The van der Waals surface area contributed by atoms with Crippen LogP contribution in [0, 0.1) is 0 Å². The van der Waals surface area contributed by atoms with E-state index in [0.717, 1.165) is 67.9 Å². The highest BCUT2D eigenvalue weighted by Crippen LogP contribution is 2.59. The number of benzene rings is 4. The number of rotatable bonds is 9. The Morgan fingerprint density at radius 2 is 1.00 bits per heavy atom. The maximum atomic E-state index is 6.00. The first-order chi connectivity index (χ1) is 19.5. The normalized spacial score (nSPS) is 16.8. The van der Waals surface area contributed by atoms with Crippen molar-refractivity contribution in [2.24, 2.45) is 0 Å². The van der Waals surface area contributed by atoms with Crippen molar-refractivity contribution < 1.29 is 28.4 Å². The van der Waals surface area contributed by atoms with Crippen LogP contribution in [0.25, 0.3) is 11.6 Å². The lowest BCUT2D eigenvalue weighted by Gasteiger charge is -2.25. The molecule has 5 rings (SSSR count). The van der Waals surface area contributed by atoms with Crippen LogP contribution in [-0.4, -0.2) is 42.7 Å². The Morgan fingerprint density at radius 1 is 0.475 bits per heavy atom. The molecule has 4 aromatic carbocycles. The van der Waals surface area contributed by atoms with Gasteiger partial charge >= 0.3 is 0 Å². The van der Waals surface area contributed by atoms with Gasteiger partial charge in [0.2, 0.25) is 0 Å². The van der Waals surface area contributed by atoms with Crippen molar-refractivity contribution in [3.05, 3.63) is 107 Å². The molecule has 0 fully saturated rings. The van der Waals surface area contributed by atoms with Crippen molar-refractivity contribution in [3.8, 4) is 34.5 Å². The first-order valence-electron chi connectivity index (χ1n) is 13.0. The molecule has 206 valence electrons. The standard InChI is InChI=1S/C34H34O6/c1-35-24-11-7-21(8-12-24)15-29-30-19-28(39-5)20-31(40-6)34(30)33(22-9-13-25(36-2)14-10-22)32(29)23-16-26(37-3)18-27(17-23)38-4/h7-20,32-33H,1-6H3/b29-15+/t32-,33+/m1/s1. The first kappa shape index (κ1) is 27.0. The van der Waals surface area contributed by atoms with E-state index >= 15 is 0 Å². The lowest BCUT2D eigenvalue weighted by atomic mass is 9.79. The Labute approximate surface area is 235 Å². The zero-order valence-corrected chi connectivity index (χ0v) is 23.7. The Morgan fingerprint density at radius 3 is 1.52 bits per heavy atom. The summed E-state index contributed by atoms with van der Waals surface area (Å²) in [4.78, 5) is 0. The molecule has 0 N–H and O–H groups in total. The molecular weight excluding hydrogens is 504 g/mol. The molecular formula is C34H34O6. The van der Waals surface area contributed by atoms with Gasteiger partial charge < -0.3 is 28.4 Å². The van der Waals surface area contributed by atoms with Gasteiger partial charge in [-0.1, -0.05) is 30.3 Å². The Kier molecular flexibility index (Phi) is 7.87. The predicted molar refractivity (Wildman–Crippen MR) is 158 cm³/mol. The van der Waals surface area contributed by atoms with E-state index < -0.39 is 0 Å². The summed E-state index contributed by atoms with van der Waals surface area (Å²) >= 11 is 0. The van der Waals surface area contributed by atoms with Gasteiger partial charge in [-0.15, -0.1) is 0 Å². The summed E-state index contributed by atoms with van der Waals surface area (Å²) in [6.45, 7) is 0. The average Bonchev–Trinajstić information content (AvgIpc) is 3.34. The van der Waals surface area contributed by atoms with Gasteiger partial charge in [-0.25, -0.2) is 0 Å². The smallest absolute Gasteiger partial charge is 0.127 e. The molecule has 0 unspecified atom stereocenters. The molecule has 0 aromatic heterocycles. The van der Waals surface area contributed by atoms with E-state index in [4.69, 9.17) is 28.4 Å². The predicted octanol–water partition coefficient (Wildman–Crippen LogP) is 7.21. The summed E-state index contributed by atoms with van der Waals surface area (Å²) in [5.41, 5.74) is 6.55. The van der Waals surface area contributed by atoms with Crippen LogP contribution in [0.4, 0.5) is 0 Å². The number of allylic oxidation sites excluding steroid dienone is 1. The zero-order valence-electron chi connectivity index (χ0n) is 23.7. The fourth-order valence-electron chi connectivity index (χ4n) is 5.56. The van der Waals surface area contributed by atoms with Gasteiger partial charge in [-0.2, -0.15) is 0 Å². The number of hydrogen-bond donors (Lipinski definition) is 0. The molecule has 0 radical (unpaired) electrons. The third-order valence-corrected chi connectivity index (χ3v) is 7.51. The highest BCUT2D eigenvalue weighted by Gasteiger charge is 2.41. The number of methoxy groups -OCH3 is 6. The van der Waals surface area contributed by atoms with Gasteiger partial charge in [0.1, 0.15) is 34.5 Å². The topological polar surface area (TPSA) is 55.4 Å². The van der Waals surface area contributed by atoms with E-state index in [0.29, 0.717) is 0 Å². The minimum atomic E-state index is -0.0875. The van der Waals surface area contributed by atoms with Gasteiger partial charge in [0.05, 0.1) is 42.7 Å². The van der Waals surface area contributed by atoms with Gasteiger partial charge in [0, 0.05) is 29.5 Å². The number of fused-ring (bicyclic) bond motifs is 1. The van der Waals surface area contributed by atoms with Crippen molar-refractivity contribution in [3.63, 3.8) is 0 Å². The SMILES string of the molecule is COc1ccc(/C=C2\c3cc(OC)cc(OC)c3[C@@H](c3ccc(OC)cc3)[C@@H]2c2cc(OC)cc(OC)c2)cc1. The van der Waals surface area contributed by atoms with E-state index in [1.165, 1.54) is 0 Å². The molecule has 6 nitrogen and oxygen atoms in total. The summed E-state index contributed by atoms with van der Waals surface area (Å²) in [6, 6.07) is 26.4. The summed E-state index contributed by atoms with van der Waals surface area (Å²) in [5.74, 6) is 4.42. The van der Waals surface area contributed by atoms with Crippen LogP contribution in [0.1, 0.15) is 39.7 Å². The molecule has 1 aliphatic rings. The maximum Gasteiger partial charge on any atom is 0.127 e. The Balaban J connectivity index is 1.83. The van der Waals surface area contributed by atoms with Gasteiger partial charge in [-0.05, 0) is 70.3 Å². The molecule has 1 aliphatic carbocycles. The number of ether oxygens (including phenoxy) is 6. The van der Waals surface area contributed by atoms with E-state index in [1.54, 1.807) is 42.7 Å². The molecule has 0 saturated heterocycles. The van der Waals surface area contributed by atoms with Crippen LogP contribution >= 0.6 is 0 Å². The van der Waals surface area contributed by atoms with Gasteiger partial charge in [-0.3, -0.25) is 0 Å². The fraction of sp³-hybridized carbons (Fsp3) is 0.235. The van der Waals surface area contributed by atoms with Gasteiger partial charge in [0.15, 0.2) is 0 Å². The van der Waals surface area contributed by atoms with E-state index in [-0.39, 0.29) is 11.8 Å². The third kappa shape index (κ3) is 5.05. The largest absolute Gasteiger partial charge is 0.497 e. The van der Waals surface area contributed by atoms with Crippen molar-refractivity contribution in [2.75, 3.05) is 42.7 Å². The second-order valence-corrected chi connectivity index (χ2v) is 9.54. The molecule has 6 heteroatoms. The summed E-state index contributed by atoms with van der Waals surface area (Å²) in [7, 11) is 10.1. The third-order valence-electron chi connectivity index (χ3n) is 7.51. The fourth-order valence-corrected chi connectivity index (χ4v) is 5.56. The monoisotopic (exact) mass is 538 g/mol. The van der Waals surface area contributed by atoms with Crippen LogP contribution in [-0.2, 0) is 0 Å². The molecule has 0 aliphatic heterocycles. The number of hydrogen-bond acceptors (Lipinski definition) is 6. The minimum Gasteiger partial charge on any atom is -0.497 e. The molecule has 0 saturated carbocycles. The van der Waals surface area contributed by atoms with Crippen LogP contribution in [0.15, 0.2) is 78.9 Å². The molecule has 2 atom stereocenters. The zero-order chi connectivity index (χ0) is 28.2. The molecule has 4 aromatic rings. The second kappa shape index (κ2) is 11.7. The minimum absolute atomic E-state index is 0.0666. The highest BCUT2D eigenvalue weighted by molar-refractivity contribution is 5.93. The van der Waals surface area contributed by atoms with Crippen molar-refractivity contribution in [1.29, 1.82) is 0 Å². The van der Waals surface area contributed by atoms with Crippen molar-refractivity contribution in [2.45, 2.75) is 11.8 Å². The lowest BCUT2D eigenvalue weighted by molar-refractivity contribution is 0.389. The van der Waals surface area contributed by atoms with E-state index in [9.17, 15) is 0 Å². The summed E-state index contributed by atoms with van der Waals surface area (Å²) in [5, 5.41) is 0. The van der Waals surface area contributed by atoms with Gasteiger partial charge in [0.25, 0.3) is 0 Å². The second-order valence-electron chi connectivity index (χ2n) is 9.54. The van der Waals surface area contributed by atoms with E-state index in [1.807, 2.05) is 36.4 Å².